The van der Waals surface area contributed by atoms with Gasteiger partial charge in [-0.15, -0.1) is 11.3 Å². The molecular formula is C10H18N2S. The summed E-state index contributed by atoms with van der Waals surface area (Å²) >= 11 is 1.81. The van der Waals surface area contributed by atoms with Crippen molar-refractivity contribution in [1.82, 2.24) is 10.3 Å². The van der Waals surface area contributed by atoms with Gasteiger partial charge in [-0.3, -0.25) is 0 Å². The number of rotatable bonds is 4. The van der Waals surface area contributed by atoms with E-state index in [1.165, 1.54) is 15.6 Å². The van der Waals surface area contributed by atoms with E-state index in [4.69, 9.17) is 0 Å². The molecular weight excluding hydrogens is 180 g/mol. The molecule has 0 fully saturated rings. The lowest BCUT2D eigenvalue weighted by atomic mass is 10.3. The Morgan fingerprint density at radius 3 is 2.54 bits per heavy atom. The van der Waals surface area contributed by atoms with Gasteiger partial charge in [0.05, 0.1) is 10.7 Å². The Bertz CT molecular complexity index is 266. The molecule has 0 saturated heterocycles. The van der Waals surface area contributed by atoms with E-state index in [0.29, 0.717) is 6.04 Å². The van der Waals surface area contributed by atoms with E-state index < -0.39 is 0 Å². The fraction of sp³-hybridized carbons (Fsp3) is 0.700. The zero-order chi connectivity index (χ0) is 9.84. The number of aromatic nitrogens is 1. The van der Waals surface area contributed by atoms with Gasteiger partial charge >= 0.3 is 0 Å². The number of hydrogen-bond donors (Lipinski definition) is 1. The SMILES string of the molecule is Cc1nc(C)c(CCNC(C)C)s1. The van der Waals surface area contributed by atoms with E-state index in [-0.39, 0.29) is 0 Å². The molecule has 1 N–H and O–H groups in total. The van der Waals surface area contributed by atoms with Crippen LogP contribution in [0, 0.1) is 13.8 Å². The molecule has 0 spiro atoms. The van der Waals surface area contributed by atoms with Crippen LogP contribution in [0.5, 0.6) is 0 Å². The Labute approximate surface area is 84.4 Å². The van der Waals surface area contributed by atoms with E-state index in [1.54, 1.807) is 0 Å². The van der Waals surface area contributed by atoms with Gasteiger partial charge in [0.15, 0.2) is 0 Å². The van der Waals surface area contributed by atoms with Crippen molar-refractivity contribution in [2.45, 2.75) is 40.2 Å². The first kappa shape index (κ1) is 10.7. The highest BCUT2D eigenvalue weighted by atomic mass is 32.1. The van der Waals surface area contributed by atoms with Crippen molar-refractivity contribution in [3.8, 4) is 0 Å². The molecule has 0 aliphatic carbocycles. The molecule has 1 heterocycles. The summed E-state index contributed by atoms with van der Waals surface area (Å²) in [5, 5.41) is 4.59. The third-order valence-corrected chi connectivity index (χ3v) is 3.04. The summed E-state index contributed by atoms with van der Waals surface area (Å²) in [5.41, 5.74) is 1.20. The molecule has 0 saturated carbocycles. The molecule has 3 heteroatoms. The second-order valence-corrected chi connectivity index (χ2v) is 4.89. The van der Waals surface area contributed by atoms with Crippen LogP contribution in [0.25, 0.3) is 0 Å². The predicted octanol–water partition coefficient (Wildman–Crippen LogP) is 2.30. The summed E-state index contributed by atoms with van der Waals surface area (Å²) in [7, 11) is 0. The van der Waals surface area contributed by atoms with Crippen LogP contribution < -0.4 is 5.32 Å². The highest BCUT2D eigenvalue weighted by molar-refractivity contribution is 7.11. The van der Waals surface area contributed by atoms with Crippen molar-refractivity contribution < 1.29 is 0 Å². The summed E-state index contributed by atoms with van der Waals surface area (Å²) in [6, 6.07) is 0.578. The van der Waals surface area contributed by atoms with Gasteiger partial charge in [0.25, 0.3) is 0 Å². The predicted molar refractivity (Wildman–Crippen MR) is 58.4 cm³/mol. The molecule has 1 aromatic heterocycles. The van der Waals surface area contributed by atoms with Crippen LogP contribution in [0.3, 0.4) is 0 Å². The Balaban J connectivity index is 2.40. The molecule has 0 aliphatic heterocycles. The lowest BCUT2D eigenvalue weighted by Gasteiger charge is -2.06. The van der Waals surface area contributed by atoms with Crippen LogP contribution in [-0.4, -0.2) is 17.6 Å². The van der Waals surface area contributed by atoms with Crippen molar-refractivity contribution in [3.63, 3.8) is 0 Å². The lowest BCUT2D eigenvalue weighted by molar-refractivity contribution is 0.591. The third-order valence-electron chi connectivity index (χ3n) is 1.90. The lowest BCUT2D eigenvalue weighted by Crippen LogP contribution is -2.24. The molecule has 1 aromatic rings. The molecule has 0 radical (unpaired) electrons. The zero-order valence-electron chi connectivity index (χ0n) is 8.85. The van der Waals surface area contributed by atoms with Gasteiger partial charge in [-0.05, 0) is 20.3 Å². The van der Waals surface area contributed by atoms with Gasteiger partial charge in [-0.2, -0.15) is 0 Å². The summed E-state index contributed by atoms with van der Waals surface area (Å²) < 4.78 is 0. The first-order valence-corrected chi connectivity index (χ1v) is 5.57. The molecule has 0 aliphatic rings. The van der Waals surface area contributed by atoms with E-state index in [1.807, 2.05) is 11.3 Å². The van der Waals surface area contributed by atoms with Crippen molar-refractivity contribution in [2.75, 3.05) is 6.54 Å². The van der Waals surface area contributed by atoms with Crippen LogP contribution in [0.15, 0.2) is 0 Å². The number of nitrogens with zero attached hydrogens (tertiary/aromatic N) is 1. The van der Waals surface area contributed by atoms with Gasteiger partial charge in [-0.1, -0.05) is 13.8 Å². The number of thiazole rings is 1. The number of hydrogen-bond acceptors (Lipinski definition) is 3. The Hall–Kier alpha value is -0.410. The van der Waals surface area contributed by atoms with Gasteiger partial charge in [0.1, 0.15) is 0 Å². The first-order valence-electron chi connectivity index (χ1n) is 4.76. The molecule has 0 unspecified atom stereocenters. The van der Waals surface area contributed by atoms with E-state index in [9.17, 15) is 0 Å². The standard InChI is InChI=1S/C10H18N2S/c1-7(2)11-6-5-10-8(3)12-9(4)13-10/h7,11H,5-6H2,1-4H3. The Morgan fingerprint density at radius 2 is 2.08 bits per heavy atom. The normalized spacial score (nSPS) is 11.2. The first-order chi connectivity index (χ1) is 6.09. The van der Waals surface area contributed by atoms with Gasteiger partial charge in [0.2, 0.25) is 0 Å². The second-order valence-electron chi connectivity index (χ2n) is 3.60. The molecule has 0 atom stereocenters. The Kier molecular flexibility index (Phi) is 3.88. The van der Waals surface area contributed by atoms with Crippen LogP contribution in [0.1, 0.15) is 29.4 Å². The van der Waals surface area contributed by atoms with Gasteiger partial charge < -0.3 is 5.32 Å². The summed E-state index contributed by atoms with van der Waals surface area (Å²) in [5.74, 6) is 0. The number of nitrogens with one attached hydrogen (secondary N) is 1. The highest BCUT2D eigenvalue weighted by Gasteiger charge is 2.03. The highest BCUT2D eigenvalue weighted by Crippen LogP contribution is 2.16. The van der Waals surface area contributed by atoms with Crippen LogP contribution in [-0.2, 0) is 6.42 Å². The monoisotopic (exact) mass is 198 g/mol. The average molecular weight is 198 g/mol. The molecule has 0 bridgehead atoms. The van der Waals surface area contributed by atoms with Crippen molar-refractivity contribution >= 4 is 11.3 Å². The minimum atomic E-state index is 0.578. The summed E-state index contributed by atoms with van der Waals surface area (Å²) in [4.78, 5) is 5.82. The summed E-state index contributed by atoms with van der Waals surface area (Å²) in [6.45, 7) is 9.56. The molecule has 1 rings (SSSR count). The van der Waals surface area contributed by atoms with E-state index in [0.717, 1.165) is 13.0 Å². The molecule has 74 valence electrons. The Morgan fingerprint density at radius 1 is 1.38 bits per heavy atom. The van der Waals surface area contributed by atoms with Crippen molar-refractivity contribution in [3.05, 3.63) is 15.6 Å². The van der Waals surface area contributed by atoms with Gasteiger partial charge in [0, 0.05) is 17.5 Å². The van der Waals surface area contributed by atoms with Crippen LogP contribution in [0.4, 0.5) is 0 Å². The van der Waals surface area contributed by atoms with Crippen LogP contribution in [0.2, 0.25) is 0 Å². The van der Waals surface area contributed by atoms with Crippen LogP contribution >= 0.6 is 11.3 Å². The smallest absolute Gasteiger partial charge is 0.0900 e. The zero-order valence-corrected chi connectivity index (χ0v) is 9.66. The largest absolute Gasteiger partial charge is 0.314 e. The maximum absolute atomic E-state index is 4.40. The fourth-order valence-corrected chi connectivity index (χ4v) is 2.22. The van der Waals surface area contributed by atoms with Crippen molar-refractivity contribution in [1.29, 1.82) is 0 Å². The quantitative estimate of drug-likeness (QED) is 0.803. The van der Waals surface area contributed by atoms with E-state index >= 15 is 0 Å². The third kappa shape index (κ3) is 3.44. The second kappa shape index (κ2) is 4.72. The topological polar surface area (TPSA) is 24.9 Å². The maximum atomic E-state index is 4.40. The number of aryl methyl sites for hydroxylation is 2. The fourth-order valence-electron chi connectivity index (χ4n) is 1.28. The summed E-state index contributed by atoms with van der Waals surface area (Å²) in [6.07, 6.45) is 1.11. The average Bonchev–Trinajstić information content (AvgIpc) is 2.29. The van der Waals surface area contributed by atoms with Gasteiger partial charge in [-0.25, -0.2) is 4.98 Å². The molecule has 0 amide bonds. The molecule has 13 heavy (non-hydrogen) atoms. The van der Waals surface area contributed by atoms with Crippen molar-refractivity contribution in [2.24, 2.45) is 0 Å². The maximum Gasteiger partial charge on any atom is 0.0900 e. The minimum Gasteiger partial charge on any atom is -0.314 e. The van der Waals surface area contributed by atoms with E-state index in [2.05, 4.69) is 38.0 Å². The molecule has 2 nitrogen and oxygen atoms in total. The molecule has 0 aromatic carbocycles. The minimum absolute atomic E-state index is 0.578.